The largest absolute Gasteiger partial charge is 0.493 e. The van der Waals surface area contributed by atoms with E-state index in [1.165, 1.54) is 24.8 Å². The van der Waals surface area contributed by atoms with Crippen LogP contribution in [-0.4, -0.2) is 25.8 Å². The maximum absolute atomic E-state index is 12.9. The molecule has 2 unspecified atom stereocenters. The molecule has 44 heavy (non-hydrogen) atoms. The van der Waals surface area contributed by atoms with Crippen LogP contribution in [-0.2, 0) is 4.79 Å². The Kier molecular flexibility index (Phi) is 11.1. The first-order valence-corrected chi connectivity index (χ1v) is 15.3. The van der Waals surface area contributed by atoms with E-state index in [1.54, 1.807) is 32.2 Å². The quantitative estimate of drug-likeness (QED) is 0.114. The molecule has 0 saturated heterocycles. The minimum absolute atomic E-state index is 0.0126. The Bertz CT molecular complexity index is 1510. The summed E-state index contributed by atoms with van der Waals surface area (Å²) in [6, 6.07) is 20.5. The van der Waals surface area contributed by atoms with E-state index in [-0.39, 0.29) is 17.2 Å². The number of ether oxygens (including phenoxy) is 5. The fraction of sp³-hybridized carbons (Fsp3) is 0.389. The van der Waals surface area contributed by atoms with Gasteiger partial charge in [0.05, 0.1) is 19.6 Å². The van der Waals surface area contributed by atoms with Crippen molar-refractivity contribution in [3.05, 3.63) is 88.8 Å². The molecule has 3 aromatic carbocycles. The van der Waals surface area contributed by atoms with Gasteiger partial charge < -0.3 is 29.4 Å². The van der Waals surface area contributed by atoms with E-state index < -0.39 is 18.0 Å². The zero-order chi connectivity index (χ0) is 31.6. The molecule has 0 saturated carbocycles. The lowest BCUT2D eigenvalue weighted by atomic mass is 9.83. The molecular weight excluding hydrogens is 556 g/mol. The average molecular weight is 599 g/mol. The third-order valence-electron chi connectivity index (χ3n) is 7.63. The van der Waals surface area contributed by atoms with Crippen LogP contribution in [0.4, 0.5) is 0 Å². The summed E-state index contributed by atoms with van der Waals surface area (Å²) in [6.45, 7) is 8.66. The van der Waals surface area contributed by atoms with E-state index in [0.717, 1.165) is 18.4 Å². The van der Waals surface area contributed by atoms with E-state index in [9.17, 15) is 10.1 Å². The Balaban J connectivity index is 1.49. The molecule has 0 bridgehead atoms. The van der Waals surface area contributed by atoms with Crippen LogP contribution in [0.2, 0.25) is 0 Å². The highest BCUT2D eigenvalue weighted by Crippen LogP contribution is 2.45. The average Bonchev–Trinajstić information content (AvgIpc) is 3.02. The fourth-order valence-corrected chi connectivity index (χ4v) is 5.10. The summed E-state index contributed by atoms with van der Waals surface area (Å²) >= 11 is 0. The number of fused-ring (bicyclic) bond motifs is 1. The zero-order valence-electron chi connectivity index (χ0n) is 26.2. The van der Waals surface area contributed by atoms with Gasteiger partial charge in [-0.3, -0.25) is 0 Å². The van der Waals surface area contributed by atoms with Crippen molar-refractivity contribution in [1.82, 2.24) is 0 Å². The van der Waals surface area contributed by atoms with Gasteiger partial charge in [0, 0.05) is 11.6 Å². The number of allylic oxidation sites excluding steroid dienone is 1. The first-order chi connectivity index (χ1) is 21.2. The number of unbranched alkanes of at least 4 members (excludes halogenated alkanes) is 4. The number of hydrogen-bond acceptors (Lipinski definition) is 8. The molecule has 8 nitrogen and oxygen atoms in total. The van der Waals surface area contributed by atoms with Crippen molar-refractivity contribution in [3.8, 4) is 34.8 Å². The number of nitrogens with two attached hydrogens (primary N) is 1. The van der Waals surface area contributed by atoms with Crippen molar-refractivity contribution < 1.29 is 28.5 Å². The number of benzene rings is 3. The number of nitrogens with zero attached hydrogens (tertiary/aromatic N) is 1. The van der Waals surface area contributed by atoms with E-state index in [1.807, 2.05) is 42.5 Å². The second-order valence-corrected chi connectivity index (χ2v) is 11.2. The number of carbonyl (C=O) groups excluding carboxylic acids is 1. The third kappa shape index (κ3) is 7.84. The molecular formula is C36H42N2O6. The predicted octanol–water partition coefficient (Wildman–Crippen LogP) is 7.76. The number of esters is 1. The molecule has 0 aromatic heterocycles. The SMILES string of the molecule is CCCCCCCOc1ccc(C2C(C#N)=C(N)Oc3cc(OC(=O)C(C)Oc4ccc(C(C)C)cc4)ccc32)cc1OC. The second kappa shape index (κ2) is 15.2. The Hall–Kier alpha value is -4.64. The van der Waals surface area contributed by atoms with E-state index >= 15 is 0 Å². The maximum atomic E-state index is 12.9. The molecule has 1 heterocycles. The van der Waals surface area contributed by atoms with E-state index in [0.29, 0.717) is 41.1 Å². The van der Waals surface area contributed by atoms with Gasteiger partial charge in [0.25, 0.3) is 0 Å². The van der Waals surface area contributed by atoms with Crippen molar-refractivity contribution in [1.29, 1.82) is 5.26 Å². The van der Waals surface area contributed by atoms with Crippen molar-refractivity contribution in [3.63, 3.8) is 0 Å². The van der Waals surface area contributed by atoms with Gasteiger partial charge in [-0.25, -0.2) is 4.79 Å². The lowest BCUT2D eigenvalue weighted by molar-refractivity contribution is -0.141. The summed E-state index contributed by atoms with van der Waals surface area (Å²) in [4.78, 5) is 12.9. The number of methoxy groups -OCH3 is 1. The minimum Gasteiger partial charge on any atom is -0.493 e. The highest BCUT2D eigenvalue weighted by molar-refractivity contribution is 5.77. The smallest absolute Gasteiger partial charge is 0.352 e. The molecule has 8 heteroatoms. The van der Waals surface area contributed by atoms with Crippen LogP contribution in [0.5, 0.6) is 28.7 Å². The van der Waals surface area contributed by atoms with Gasteiger partial charge in [0.15, 0.2) is 17.6 Å². The summed E-state index contributed by atoms with van der Waals surface area (Å²) in [5, 5.41) is 10.00. The van der Waals surface area contributed by atoms with Crippen LogP contribution >= 0.6 is 0 Å². The molecule has 0 fully saturated rings. The molecule has 232 valence electrons. The van der Waals surface area contributed by atoms with Gasteiger partial charge in [-0.1, -0.05) is 70.7 Å². The van der Waals surface area contributed by atoms with E-state index in [4.69, 9.17) is 29.4 Å². The van der Waals surface area contributed by atoms with Crippen LogP contribution in [0, 0.1) is 11.3 Å². The molecule has 2 N–H and O–H groups in total. The Morgan fingerprint density at radius 2 is 1.68 bits per heavy atom. The van der Waals surface area contributed by atoms with Gasteiger partial charge in [0.2, 0.25) is 5.88 Å². The third-order valence-corrected chi connectivity index (χ3v) is 7.63. The van der Waals surface area contributed by atoms with Crippen LogP contribution in [0.1, 0.15) is 88.3 Å². The number of carbonyl (C=O) groups is 1. The van der Waals surface area contributed by atoms with Crippen molar-refractivity contribution >= 4 is 5.97 Å². The second-order valence-electron chi connectivity index (χ2n) is 11.2. The maximum Gasteiger partial charge on any atom is 0.352 e. The van der Waals surface area contributed by atoms with Gasteiger partial charge >= 0.3 is 5.97 Å². The van der Waals surface area contributed by atoms with E-state index in [2.05, 4.69) is 26.8 Å². The molecule has 0 spiro atoms. The summed E-state index contributed by atoms with van der Waals surface area (Å²) in [7, 11) is 1.59. The Labute approximate surface area is 260 Å². The highest BCUT2D eigenvalue weighted by Gasteiger charge is 2.32. The van der Waals surface area contributed by atoms with Crippen molar-refractivity contribution in [2.75, 3.05) is 13.7 Å². The number of hydrogen-bond donors (Lipinski definition) is 1. The molecule has 3 aromatic rings. The zero-order valence-corrected chi connectivity index (χ0v) is 26.2. The number of nitriles is 1. The fourth-order valence-electron chi connectivity index (χ4n) is 5.10. The van der Waals surface area contributed by atoms with Crippen LogP contribution < -0.4 is 29.4 Å². The summed E-state index contributed by atoms with van der Waals surface area (Å²) < 4.78 is 28.9. The van der Waals surface area contributed by atoms with Crippen LogP contribution in [0.25, 0.3) is 0 Å². The molecule has 1 aliphatic rings. The lowest BCUT2D eigenvalue weighted by Gasteiger charge is -2.27. The first-order valence-electron chi connectivity index (χ1n) is 15.3. The summed E-state index contributed by atoms with van der Waals surface area (Å²) in [5.74, 6) is 1.77. The molecule has 4 rings (SSSR count). The van der Waals surface area contributed by atoms with Gasteiger partial charge in [-0.2, -0.15) is 5.26 Å². The first kappa shape index (κ1) is 32.3. The minimum atomic E-state index is -0.843. The summed E-state index contributed by atoms with van der Waals surface area (Å²) in [6.07, 6.45) is 4.88. The van der Waals surface area contributed by atoms with Crippen LogP contribution in [0.3, 0.4) is 0 Å². The molecule has 0 radical (unpaired) electrons. The van der Waals surface area contributed by atoms with Gasteiger partial charge in [-0.05, 0) is 60.7 Å². The molecule has 2 atom stereocenters. The summed E-state index contributed by atoms with van der Waals surface area (Å²) in [5.41, 5.74) is 9.17. The topological polar surface area (TPSA) is 113 Å². The lowest BCUT2D eigenvalue weighted by Crippen LogP contribution is -2.28. The Morgan fingerprint density at radius 3 is 2.36 bits per heavy atom. The molecule has 1 aliphatic heterocycles. The standard InChI is InChI=1S/C36H42N2O6/c1-6-7-8-9-10-19-41-31-18-13-26(20-33(31)40-5)34-29-17-16-28(21-32(29)44-35(38)30(34)22-37)43-36(39)24(4)42-27-14-11-25(12-15-27)23(2)3/h11-18,20-21,23-24,34H,6-10,19,38H2,1-5H3. The van der Waals surface area contributed by atoms with Gasteiger partial charge in [0.1, 0.15) is 28.9 Å². The van der Waals surface area contributed by atoms with Gasteiger partial charge in [-0.15, -0.1) is 0 Å². The number of rotatable bonds is 14. The van der Waals surface area contributed by atoms with Crippen molar-refractivity contribution in [2.24, 2.45) is 5.73 Å². The van der Waals surface area contributed by atoms with Crippen LogP contribution in [0.15, 0.2) is 72.1 Å². The predicted molar refractivity (Wildman–Crippen MR) is 169 cm³/mol. The highest BCUT2D eigenvalue weighted by atomic mass is 16.6. The molecule has 0 amide bonds. The molecule has 0 aliphatic carbocycles. The monoisotopic (exact) mass is 598 g/mol. The van der Waals surface area contributed by atoms with Crippen molar-refractivity contribution in [2.45, 2.75) is 77.7 Å². The normalized spacial score (nSPS) is 14.7. The Morgan fingerprint density at radius 1 is 0.955 bits per heavy atom.